The third kappa shape index (κ3) is 2.87. The fourth-order valence-electron chi connectivity index (χ4n) is 1.26. The number of hydrogen-bond donors (Lipinski definition) is 0. The second kappa shape index (κ2) is 5.33. The molecule has 0 amide bonds. The van der Waals surface area contributed by atoms with Gasteiger partial charge in [-0.15, -0.1) is 0 Å². The van der Waals surface area contributed by atoms with Gasteiger partial charge in [0.25, 0.3) is 6.43 Å². The van der Waals surface area contributed by atoms with Gasteiger partial charge < -0.3 is 4.74 Å². The van der Waals surface area contributed by atoms with Crippen molar-refractivity contribution in [1.82, 2.24) is 4.98 Å². The number of halogens is 6. The predicted molar refractivity (Wildman–Crippen MR) is 58.3 cm³/mol. The number of rotatable bonds is 2. The third-order valence-corrected chi connectivity index (χ3v) is 2.77. The zero-order valence-electron chi connectivity index (χ0n) is 8.69. The van der Waals surface area contributed by atoms with E-state index in [1.54, 1.807) is 0 Å². The van der Waals surface area contributed by atoms with E-state index in [0.717, 1.165) is 7.11 Å². The lowest BCUT2D eigenvalue weighted by Gasteiger charge is -2.16. The summed E-state index contributed by atoms with van der Waals surface area (Å²) in [5.74, 6) is -1.34. The number of esters is 1. The molecular formula is C9H5F5INO2. The number of aromatic nitrogens is 1. The molecule has 0 aromatic carbocycles. The van der Waals surface area contributed by atoms with Crippen molar-refractivity contribution in [3.05, 3.63) is 26.6 Å². The lowest BCUT2D eigenvalue weighted by molar-refractivity contribution is -0.140. The molecule has 0 radical (unpaired) electrons. The van der Waals surface area contributed by atoms with Crippen molar-refractivity contribution in [1.29, 1.82) is 0 Å². The van der Waals surface area contributed by atoms with E-state index in [1.165, 1.54) is 22.6 Å². The van der Waals surface area contributed by atoms with Crippen molar-refractivity contribution in [2.45, 2.75) is 12.6 Å². The second-order valence-electron chi connectivity index (χ2n) is 3.03. The van der Waals surface area contributed by atoms with Crippen molar-refractivity contribution in [3.8, 4) is 0 Å². The molecule has 0 N–H and O–H groups in total. The quantitative estimate of drug-likeness (QED) is 0.448. The molecule has 0 saturated carbocycles. The molecule has 1 rings (SSSR count). The Hall–Kier alpha value is -1.00. The summed E-state index contributed by atoms with van der Waals surface area (Å²) >= 11 is 1.23. The molecule has 0 atom stereocenters. The highest BCUT2D eigenvalue weighted by Gasteiger charge is 2.41. The van der Waals surface area contributed by atoms with Crippen LogP contribution in [0.2, 0.25) is 0 Å². The molecule has 0 aliphatic rings. The van der Waals surface area contributed by atoms with Crippen LogP contribution in [0.1, 0.15) is 28.0 Å². The first-order valence-corrected chi connectivity index (χ1v) is 5.40. The zero-order valence-corrected chi connectivity index (χ0v) is 10.8. The minimum absolute atomic E-state index is 0.511. The first-order chi connectivity index (χ1) is 8.20. The largest absolute Gasteiger partial charge is 0.464 e. The van der Waals surface area contributed by atoms with Crippen molar-refractivity contribution in [2.24, 2.45) is 0 Å². The molecular weight excluding hydrogens is 376 g/mol. The van der Waals surface area contributed by atoms with Crippen LogP contribution < -0.4 is 0 Å². The van der Waals surface area contributed by atoms with Gasteiger partial charge in [0.05, 0.1) is 18.2 Å². The van der Waals surface area contributed by atoms with Crippen LogP contribution in [-0.4, -0.2) is 18.1 Å². The molecule has 1 aromatic heterocycles. The first kappa shape index (κ1) is 15.1. The first-order valence-electron chi connectivity index (χ1n) is 4.32. The van der Waals surface area contributed by atoms with E-state index in [1.807, 2.05) is 0 Å². The van der Waals surface area contributed by atoms with Gasteiger partial charge >= 0.3 is 12.1 Å². The molecule has 1 heterocycles. The fraction of sp³-hybridized carbons (Fsp3) is 0.333. The monoisotopic (exact) mass is 381 g/mol. The van der Waals surface area contributed by atoms with Gasteiger partial charge in [-0.25, -0.2) is 18.6 Å². The van der Waals surface area contributed by atoms with E-state index in [2.05, 4.69) is 9.72 Å². The Morgan fingerprint density at radius 2 is 2.00 bits per heavy atom. The van der Waals surface area contributed by atoms with Gasteiger partial charge in [0.2, 0.25) is 0 Å². The summed E-state index contributed by atoms with van der Waals surface area (Å²) in [4.78, 5) is 14.4. The molecule has 0 fully saturated rings. The number of hydrogen-bond acceptors (Lipinski definition) is 3. The number of nitrogens with zero attached hydrogens (tertiary/aromatic N) is 1. The van der Waals surface area contributed by atoms with Gasteiger partial charge in [0.1, 0.15) is 0 Å². The summed E-state index contributed by atoms with van der Waals surface area (Å²) in [7, 11) is 0.866. The maximum atomic E-state index is 12.7. The lowest BCUT2D eigenvalue weighted by atomic mass is 10.1. The van der Waals surface area contributed by atoms with E-state index < -0.39 is 39.0 Å². The van der Waals surface area contributed by atoms with Crippen LogP contribution in [0, 0.1) is 3.57 Å². The van der Waals surface area contributed by atoms with Crippen LogP contribution >= 0.6 is 22.6 Å². The molecule has 1 aromatic rings. The van der Waals surface area contributed by atoms with Gasteiger partial charge in [-0.2, -0.15) is 13.2 Å². The number of pyridine rings is 1. The number of ether oxygens (including phenoxy) is 1. The standard InChI is InChI=1S/C9H5F5INO2/c1-18-8(17)6-4(7(10)11)5(9(12,13)14)3(15)2-16-6/h2,7H,1H3. The summed E-state index contributed by atoms with van der Waals surface area (Å²) in [6.45, 7) is 0. The third-order valence-electron chi connectivity index (χ3n) is 1.95. The molecule has 18 heavy (non-hydrogen) atoms. The molecule has 9 heteroatoms. The average molecular weight is 381 g/mol. The molecule has 3 nitrogen and oxygen atoms in total. The Morgan fingerprint density at radius 1 is 1.44 bits per heavy atom. The highest BCUT2D eigenvalue weighted by Crippen LogP contribution is 2.40. The van der Waals surface area contributed by atoms with Gasteiger partial charge in [0.15, 0.2) is 5.69 Å². The minimum Gasteiger partial charge on any atom is -0.464 e. The van der Waals surface area contributed by atoms with Crippen molar-refractivity contribution in [2.75, 3.05) is 7.11 Å². The van der Waals surface area contributed by atoms with E-state index >= 15 is 0 Å². The highest BCUT2D eigenvalue weighted by atomic mass is 127. The maximum Gasteiger partial charge on any atom is 0.418 e. The molecule has 0 bridgehead atoms. The molecule has 0 aliphatic heterocycles. The molecule has 0 aliphatic carbocycles. The smallest absolute Gasteiger partial charge is 0.418 e. The predicted octanol–water partition coefficient (Wildman–Crippen LogP) is 3.43. The average Bonchev–Trinajstić information content (AvgIpc) is 2.25. The van der Waals surface area contributed by atoms with E-state index in [-0.39, 0.29) is 0 Å². The second-order valence-corrected chi connectivity index (χ2v) is 4.20. The van der Waals surface area contributed by atoms with Crippen molar-refractivity contribution in [3.63, 3.8) is 0 Å². The van der Waals surface area contributed by atoms with Crippen LogP contribution in [0.4, 0.5) is 22.0 Å². The van der Waals surface area contributed by atoms with Crippen LogP contribution in [0.5, 0.6) is 0 Å². The van der Waals surface area contributed by atoms with Crippen LogP contribution in [0.15, 0.2) is 6.20 Å². The molecule has 100 valence electrons. The molecule has 0 spiro atoms. The Morgan fingerprint density at radius 3 is 2.39 bits per heavy atom. The fourth-order valence-corrected chi connectivity index (χ4v) is 2.00. The number of carbonyl (C=O) groups is 1. The van der Waals surface area contributed by atoms with Crippen molar-refractivity contribution >= 4 is 28.6 Å². The van der Waals surface area contributed by atoms with E-state index in [0.29, 0.717) is 6.20 Å². The number of carbonyl (C=O) groups excluding carboxylic acids is 1. The van der Waals surface area contributed by atoms with Crippen LogP contribution in [0.25, 0.3) is 0 Å². The SMILES string of the molecule is COC(=O)c1ncc(I)c(C(F)(F)F)c1C(F)F. The maximum absolute atomic E-state index is 12.7. The van der Waals surface area contributed by atoms with Gasteiger partial charge in [-0.1, -0.05) is 0 Å². The zero-order chi connectivity index (χ0) is 14.1. The summed E-state index contributed by atoms with van der Waals surface area (Å²) in [6, 6.07) is 0. The lowest BCUT2D eigenvalue weighted by Crippen LogP contribution is -2.18. The summed E-state index contributed by atoms with van der Waals surface area (Å²) in [6.07, 6.45) is -7.80. The Kier molecular flexibility index (Phi) is 4.46. The summed E-state index contributed by atoms with van der Waals surface area (Å²) in [5, 5.41) is 0. The number of methoxy groups -OCH3 is 1. The Labute approximate surface area is 111 Å². The minimum atomic E-state index is -5.01. The highest BCUT2D eigenvalue weighted by molar-refractivity contribution is 14.1. The topological polar surface area (TPSA) is 39.2 Å². The Bertz CT molecular complexity index is 475. The molecule has 0 saturated heterocycles. The van der Waals surface area contributed by atoms with E-state index in [4.69, 9.17) is 0 Å². The van der Waals surface area contributed by atoms with Gasteiger partial charge in [-0.05, 0) is 22.6 Å². The summed E-state index contributed by atoms with van der Waals surface area (Å²) in [5.41, 5.74) is -4.05. The van der Waals surface area contributed by atoms with Crippen molar-refractivity contribution < 1.29 is 31.5 Å². The normalized spacial score (nSPS) is 11.8. The summed E-state index contributed by atoms with van der Waals surface area (Å²) < 4.78 is 67.2. The van der Waals surface area contributed by atoms with Crippen LogP contribution in [-0.2, 0) is 10.9 Å². The van der Waals surface area contributed by atoms with E-state index in [9.17, 15) is 26.7 Å². The number of alkyl halides is 5. The van der Waals surface area contributed by atoms with Gasteiger partial charge in [0, 0.05) is 9.77 Å². The van der Waals surface area contributed by atoms with Crippen LogP contribution in [0.3, 0.4) is 0 Å². The Balaban J connectivity index is 3.64. The van der Waals surface area contributed by atoms with Gasteiger partial charge in [-0.3, -0.25) is 0 Å². The molecule has 0 unspecified atom stereocenters.